The Bertz CT molecular complexity index is 1020. The summed E-state index contributed by atoms with van der Waals surface area (Å²) in [6.07, 6.45) is 7.32. The zero-order chi connectivity index (χ0) is 24.1. The molecule has 2 fully saturated rings. The van der Waals surface area contributed by atoms with Gasteiger partial charge in [-0.1, -0.05) is 18.1 Å². The molecule has 2 aliphatic carbocycles. The Hall–Kier alpha value is -3.01. The Kier molecular flexibility index (Phi) is 7.77. The van der Waals surface area contributed by atoms with E-state index < -0.39 is 5.97 Å². The Labute approximate surface area is 199 Å². The fourth-order valence-corrected chi connectivity index (χ4v) is 4.72. The van der Waals surface area contributed by atoms with Crippen LogP contribution < -0.4 is 10.1 Å². The third kappa shape index (κ3) is 5.91. The standard InChI is InChI=1S/C24H33N5O5/c1-15-21(34-18-9-5-6-16(12-18)24(31)32)11-10-19(26-15)23-20(29(2)28-27-23)13-25-22(30)14-33-17-7-3-4-8-17/h10-11,16-18H,3-9,12-14H2,1-2H3,(H,25,30)(H,31,32)/t16?,18-/m0/s1. The number of carboxylic acid groups (broad SMARTS) is 1. The average molecular weight is 472 g/mol. The Morgan fingerprint density at radius 2 is 1.91 bits per heavy atom. The minimum absolute atomic E-state index is 0.0541. The Morgan fingerprint density at radius 1 is 1.15 bits per heavy atom. The van der Waals surface area contributed by atoms with Crippen molar-refractivity contribution in [1.82, 2.24) is 25.3 Å². The number of nitrogens with zero attached hydrogens (tertiary/aromatic N) is 4. The minimum atomic E-state index is -0.758. The fourth-order valence-electron chi connectivity index (χ4n) is 4.72. The average Bonchev–Trinajstić information content (AvgIpc) is 3.47. The molecule has 0 aromatic carbocycles. The number of aromatic nitrogens is 4. The number of hydrogen-bond donors (Lipinski definition) is 2. The van der Waals surface area contributed by atoms with Crippen molar-refractivity contribution in [3.63, 3.8) is 0 Å². The molecule has 2 aromatic heterocycles. The molecule has 1 unspecified atom stereocenters. The highest BCUT2D eigenvalue weighted by Gasteiger charge is 2.28. The van der Waals surface area contributed by atoms with Gasteiger partial charge in [-0.25, -0.2) is 9.67 Å². The zero-order valence-electron chi connectivity index (χ0n) is 19.8. The molecular weight excluding hydrogens is 438 g/mol. The first-order valence-corrected chi connectivity index (χ1v) is 12.0. The highest BCUT2D eigenvalue weighted by Crippen LogP contribution is 2.30. The van der Waals surface area contributed by atoms with Gasteiger partial charge in [0.05, 0.1) is 41.8 Å². The SMILES string of the molecule is Cc1nc(-c2nnn(C)c2CNC(=O)COC2CCCC2)ccc1O[C@H]1CCCC(C(=O)O)C1. The van der Waals surface area contributed by atoms with Crippen LogP contribution in [0.2, 0.25) is 0 Å². The van der Waals surface area contributed by atoms with E-state index in [-0.39, 0.29) is 37.2 Å². The van der Waals surface area contributed by atoms with Crippen molar-refractivity contribution in [2.75, 3.05) is 6.61 Å². The van der Waals surface area contributed by atoms with Gasteiger partial charge in [0.25, 0.3) is 0 Å². The van der Waals surface area contributed by atoms with Gasteiger partial charge in [0.1, 0.15) is 18.1 Å². The maximum atomic E-state index is 12.3. The lowest BCUT2D eigenvalue weighted by Gasteiger charge is -2.27. The smallest absolute Gasteiger partial charge is 0.306 e. The fraction of sp³-hybridized carbons (Fsp3) is 0.625. The molecule has 34 heavy (non-hydrogen) atoms. The summed E-state index contributed by atoms with van der Waals surface area (Å²) in [4.78, 5) is 28.2. The summed E-state index contributed by atoms with van der Waals surface area (Å²) in [5.41, 5.74) is 2.67. The molecule has 0 bridgehead atoms. The monoisotopic (exact) mass is 471 g/mol. The van der Waals surface area contributed by atoms with Crippen molar-refractivity contribution >= 4 is 11.9 Å². The van der Waals surface area contributed by atoms with E-state index in [9.17, 15) is 14.7 Å². The van der Waals surface area contributed by atoms with Crippen LogP contribution in [0.3, 0.4) is 0 Å². The number of hydrogen-bond acceptors (Lipinski definition) is 7. The molecule has 184 valence electrons. The predicted octanol–water partition coefficient (Wildman–Crippen LogP) is 2.78. The van der Waals surface area contributed by atoms with E-state index in [0.717, 1.165) is 44.2 Å². The van der Waals surface area contributed by atoms with Gasteiger partial charge in [0.2, 0.25) is 5.91 Å². The molecule has 2 saturated carbocycles. The van der Waals surface area contributed by atoms with Gasteiger partial charge >= 0.3 is 5.97 Å². The van der Waals surface area contributed by atoms with Crippen LogP contribution in [-0.2, 0) is 27.9 Å². The van der Waals surface area contributed by atoms with Crippen molar-refractivity contribution in [3.05, 3.63) is 23.5 Å². The number of carboxylic acids is 1. The molecule has 0 radical (unpaired) electrons. The summed E-state index contributed by atoms with van der Waals surface area (Å²) in [5, 5.41) is 20.6. The van der Waals surface area contributed by atoms with Gasteiger partial charge in [-0.15, -0.1) is 5.10 Å². The largest absolute Gasteiger partial charge is 0.489 e. The van der Waals surface area contributed by atoms with Crippen molar-refractivity contribution in [2.24, 2.45) is 13.0 Å². The number of amides is 1. The van der Waals surface area contributed by atoms with Crippen molar-refractivity contribution < 1.29 is 24.2 Å². The molecule has 10 nitrogen and oxygen atoms in total. The normalized spacial score (nSPS) is 20.9. The van der Waals surface area contributed by atoms with E-state index in [1.807, 2.05) is 19.1 Å². The summed E-state index contributed by atoms with van der Waals surface area (Å²) >= 11 is 0. The van der Waals surface area contributed by atoms with Crippen LogP contribution in [0.5, 0.6) is 5.75 Å². The molecule has 0 aliphatic heterocycles. The first kappa shape index (κ1) is 24.1. The Balaban J connectivity index is 1.38. The molecule has 1 amide bonds. The van der Waals surface area contributed by atoms with Crippen molar-refractivity contribution in [3.8, 4) is 17.1 Å². The molecule has 2 atom stereocenters. The van der Waals surface area contributed by atoms with Crippen LogP contribution in [0.25, 0.3) is 11.4 Å². The molecule has 10 heteroatoms. The molecule has 4 rings (SSSR count). The summed E-state index contributed by atoms with van der Waals surface area (Å²) < 4.78 is 13.4. The molecular formula is C24H33N5O5. The topological polar surface area (TPSA) is 128 Å². The Morgan fingerprint density at radius 3 is 2.65 bits per heavy atom. The first-order chi connectivity index (χ1) is 16.4. The minimum Gasteiger partial charge on any atom is -0.489 e. The van der Waals surface area contributed by atoms with Gasteiger partial charge in [-0.05, 0) is 57.6 Å². The highest BCUT2D eigenvalue weighted by atomic mass is 16.5. The summed E-state index contributed by atoms with van der Waals surface area (Å²) in [7, 11) is 1.78. The molecule has 0 spiro atoms. The number of aryl methyl sites for hydroxylation is 2. The van der Waals surface area contributed by atoms with Crippen LogP contribution in [-0.4, -0.2) is 55.8 Å². The van der Waals surface area contributed by atoms with Gasteiger partial charge in [0.15, 0.2) is 0 Å². The summed E-state index contributed by atoms with van der Waals surface area (Å²) in [6, 6.07) is 3.66. The number of aliphatic carboxylic acids is 1. The quantitative estimate of drug-likeness (QED) is 0.571. The van der Waals surface area contributed by atoms with Gasteiger partial charge in [0, 0.05) is 7.05 Å². The summed E-state index contributed by atoms with van der Waals surface area (Å²) in [5.74, 6) is -0.639. The van der Waals surface area contributed by atoms with E-state index in [4.69, 9.17) is 9.47 Å². The van der Waals surface area contributed by atoms with E-state index in [2.05, 4.69) is 20.6 Å². The highest BCUT2D eigenvalue weighted by molar-refractivity contribution is 5.77. The third-order valence-electron chi connectivity index (χ3n) is 6.70. The number of carbonyl (C=O) groups is 2. The van der Waals surface area contributed by atoms with Crippen LogP contribution in [0, 0.1) is 12.8 Å². The number of rotatable bonds is 9. The number of ether oxygens (including phenoxy) is 2. The van der Waals surface area contributed by atoms with Crippen LogP contribution in [0.15, 0.2) is 12.1 Å². The van der Waals surface area contributed by atoms with E-state index >= 15 is 0 Å². The van der Waals surface area contributed by atoms with E-state index in [1.165, 1.54) is 0 Å². The van der Waals surface area contributed by atoms with E-state index in [0.29, 0.717) is 35.7 Å². The van der Waals surface area contributed by atoms with Crippen LogP contribution in [0.1, 0.15) is 62.8 Å². The molecule has 0 saturated heterocycles. The van der Waals surface area contributed by atoms with Gasteiger partial charge in [-0.3, -0.25) is 9.59 Å². The molecule has 2 aromatic rings. The number of nitrogens with one attached hydrogen (secondary N) is 1. The van der Waals surface area contributed by atoms with Gasteiger partial charge < -0.3 is 19.9 Å². The lowest BCUT2D eigenvalue weighted by molar-refractivity contribution is -0.143. The number of carbonyl (C=O) groups excluding carboxylic acids is 1. The summed E-state index contributed by atoms with van der Waals surface area (Å²) in [6.45, 7) is 2.18. The van der Waals surface area contributed by atoms with Crippen LogP contribution in [0.4, 0.5) is 0 Å². The zero-order valence-corrected chi connectivity index (χ0v) is 19.8. The molecule has 2 N–H and O–H groups in total. The lowest BCUT2D eigenvalue weighted by atomic mass is 9.87. The second kappa shape index (κ2) is 10.9. The second-order valence-electron chi connectivity index (χ2n) is 9.22. The molecule has 2 heterocycles. The maximum absolute atomic E-state index is 12.3. The second-order valence-corrected chi connectivity index (χ2v) is 9.22. The maximum Gasteiger partial charge on any atom is 0.306 e. The first-order valence-electron chi connectivity index (χ1n) is 12.0. The van der Waals surface area contributed by atoms with Gasteiger partial charge in [-0.2, -0.15) is 0 Å². The predicted molar refractivity (Wildman–Crippen MR) is 123 cm³/mol. The lowest BCUT2D eigenvalue weighted by Crippen LogP contribution is -2.30. The number of pyridine rings is 1. The third-order valence-corrected chi connectivity index (χ3v) is 6.70. The molecule has 2 aliphatic rings. The van der Waals surface area contributed by atoms with Crippen LogP contribution >= 0.6 is 0 Å². The van der Waals surface area contributed by atoms with Crippen molar-refractivity contribution in [1.29, 1.82) is 0 Å². The van der Waals surface area contributed by atoms with E-state index in [1.54, 1.807) is 11.7 Å². The van der Waals surface area contributed by atoms with Crippen molar-refractivity contribution in [2.45, 2.75) is 77.0 Å².